The largest absolute Gasteiger partial charge is 0.267 e. The fourth-order valence-electron chi connectivity index (χ4n) is 2.46. The zero-order chi connectivity index (χ0) is 12.5. The van der Waals surface area contributed by atoms with Crippen LogP contribution in [0, 0.1) is 12.8 Å². The van der Waals surface area contributed by atoms with Gasteiger partial charge in [0.25, 0.3) is 0 Å². The van der Waals surface area contributed by atoms with Gasteiger partial charge in [0.05, 0.1) is 0 Å². The Bertz CT molecular complexity index is 562. The molecule has 0 atom stereocenters. The Morgan fingerprint density at radius 3 is 2.94 bits per heavy atom. The molecular formula is C12H15ClN4S. The number of fused-ring (bicyclic) bond motifs is 1. The van der Waals surface area contributed by atoms with Crippen LogP contribution in [-0.2, 0) is 6.42 Å². The van der Waals surface area contributed by atoms with Gasteiger partial charge in [0.1, 0.15) is 16.8 Å². The van der Waals surface area contributed by atoms with Crippen LogP contribution >= 0.6 is 23.4 Å². The first-order chi connectivity index (χ1) is 8.74. The molecule has 0 bridgehead atoms. The summed E-state index contributed by atoms with van der Waals surface area (Å²) in [6.07, 6.45) is 3.55. The van der Waals surface area contributed by atoms with E-state index in [-0.39, 0.29) is 0 Å². The molecule has 0 spiro atoms. The number of aryl methyl sites for hydroxylation is 1. The Balaban J connectivity index is 1.92. The Morgan fingerprint density at radius 1 is 1.39 bits per heavy atom. The van der Waals surface area contributed by atoms with Crippen molar-refractivity contribution in [1.82, 2.24) is 19.6 Å². The third-order valence-corrected chi connectivity index (χ3v) is 4.65. The molecule has 2 aromatic heterocycles. The summed E-state index contributed by atoms with van der Waals surface area (Å²) in [4.78, 5) is 4.27. The lowest BCUT2D eigenvalue weighted by Gasteiger charge is -2.20. The number of hydrogen-bond donors (Lipinski definition) is 0. The van der Waals surface area contributed by atoms with Crippen molar-refractivity contribution in [2.24, 2.45) is 5.92 Å². The van der Waals surface area contributed by atoms with E-state index < -0.39 is 0 Å². The summed E-state index contributed by atoms with van der Waals surface area (Å²) in [5.74, 6) is 5.15. The van der Waals surface area contributed by atoms with Gasteiger partial charge < -0.3 is 0 Å². The summed E-state index contributed by atoms with van der Waals surface area (Å²) >= 11 is 7.98. The Labute approximate surface area is 115 Å². The highest BCUT2D eigenvalue weighted by Gasteiger charge is 2.18. The summed E-state index contributed by atoms with van der Waals surface area (Å²) < 4.78 is 2.02. The summed E-state index contributed by atoms with van der Waals surface area (Å²) in [5.41, 5.74) is 0.799. The van der Waals surface area contributed by atoms with Crippen LogP contribution in [0.15, 0.2) is 6.07 Å². The number of nitrogens with zero attached hydrogens (tertiary/aromatic N) is 4. The molecule has 1 aliphatic rings. The predicted octanol–water partition coefficient (Wildman–Crippen LogP) is 2.77. The molecule has 3 heterocycles. The summed E-state index contributed by atoms with van der Waals surface area (Å²) in [7, 11) is 0. The summed E-state index contributed by atoms with van der Waals surface area (Å²) in [6.45, 7) is 1.95. The van der Waals surface area contributed by atoms with Crippen molar-refractivity contribution in [2.75, 3.05) is 11.5 Å². The van der Waals surface area contributed by atoms with Gasteiger partial charge in [-0.1, -0.05) is 11.6 Å². The van der Waals surface area contributed by atoms with E-state index >= 15 is 0 Å². The quantitative estimate of drug-likeness (QED) is 0.795. The minimum absolute atomic E-state index is 0.480. The summed E-state index contributed by atoms with van der Waals surface area (Å²) in [5, 5.41) is 8.97. The molecule has 1 aliphatic heterocycles. The third-order valence-electron chi connectivity index (χ3n) is 3.41. The normalized spacial score (nSPS) is 17.4. The van der Waals surface area contributed by atoms with Crippen molar-refractivity contribution in [2.45, 2.75) is 26.2 Å². The molecule has 96 valence electrons. The van der Waals surface area contributed by atoms with Crippen LogP contribution in [0.4, 0.5) is 0 Å². The smallest absolute Gasteiger partial charge is 0.165 e. The lowest BCUT2D eigenvalue weighted by Crippen LogP contribution is -2.14. The molecule has 2 aromatic rings. The minimum atomic E-state index is 0.480. The highest BCUT2D eigenvalue weighted by atomic mass is 35.5. The van der Waals surface area contributed by atoms with E-state index in [0.29, 0.717) is 5.15 Å². The van der Waals surface area contributed by atoms with E-state index in [4.69, 9.17) is 11.6 Å². The molecule has 0 aliphatic carbocycles. The zero-order valence-corrected chi connectivity index (χ0v) is 11.8. The molecule has 0 radical (unpaired) electrons. The predicted molar refractivity (Wildman–Crippen MR) is 74.3 cm³/mol. The van der Waals surface area contributed by atoms with Crippen molar-refractivity contribution in [3.8, 4) is 0 Å². The molecule has 18 heavy (non-hydrogen) atoms. The molecule has 3 rings (SSSR count). The molecule has 0 N–H and O–H groups in total. The van der Waals surface area contributed by atoms with Crippen LogP contribution in [0.1, 0.15) is 24.5 Å². The molecule has 1 saturated heterocycles. The second-order valence-electron chi connectivity index (χ2n) is 4.70. The lowest BCUT2D eigenvalue weighted by atomic mass is 9.98. The fraction of sp³-hybridized carbons (Fsp3) is 0.583. The van der Waals surface area contributed by atoms with Gasteiger partial charge in [0.15, 0.2) is 5.65 Å². The van der Waals surface area contributed by atoms with Crippen molar-refractivity contribution in [3.05, 3.63) is 22.9 Å². The van der Waals surface area contributed by atoms with Gasteiger partial charge in [-0.3, -0.25) is 4.40 Å². The highest BCUT2D eigenvalue weighted by Crippen LogP contribution is 2.26. The Morgan fingerprint density at radius 2 is 2.17 bits per heavy atom. The van der Waals surface area contributed by atoms with Gasteiger partial charge in [-0.2, -0.15) is 11.8 Å². The lowest BCUT2D eigenvalue weighted by molar-refractivity contribution is 0.473. The third kappa shape index (κ3) is 2.34. The van der Waals surface area contributed by atoms with E-state index in [9.17, 15) is 0 Å². The first-order valence-corrected chi connectivity index (χ1v) is 7.72. The molecule has 1 fully saturated rings. The van der Waals surface area contributed by atoms with Crippen LogP contribution in [-0.4, -0.2) is 31.1 Å². The number of aromatic nitrogens is 4. The number of hydrogen-bond acceptors (Lipinski definition) is 4. The second kappa shape index (κ2) is 5.05. The van der Waals surface area contributed by atoms with Gasteiger partial charge in [-0.25, -0.2) is 4.98 Å². The van der Waals surface area contributed by atoms with Crippen LogP contribution < -0.4 is 0 Å². The fourth-order valence-corrected chi connectivity index (χ4v) is 3.88. The van der Waals surface area contributed by atoms with E-state index in [1.807, 2.05) is 23.1 Å². The second-order valence-corrected chi connectivity index (χ2v) is 6.31. The first-order valence-electron chi connectivity index (χ1n) is 6.19. The van der Waals surface area contributed by atoms with Gasteiger partial charge >= 0.3 is 0 Å². The van der Waals surface area contributed by atoms with Crippen molar-refractivity contribution in [3.63, 3.8) is 0 Å². The molecular weight excluding hydrogens is 268 g/mol. The number of halogens is 1. The first kappa shape index (κ1) is 12.2. The van der Waals surface area contributed by atoms with E-state index in [0.717, 1.165) is 29.6 Å². The Kier molecular flexibility index (Phi) is 3.43. The molecule has 4 nitrogen and oxygen atoms in total. The molecule has 0 aromatic carbocycles. The van der Waals surface area contributed by atoms with Crippen LogP contribution in [0.25, 0.3) is 5.65 Å². The number of rotatable bonds is 2. The minimum Gasteiger partial charge on any atom is -0.267 e. The van der Waals surface area contributed by atoms with E-state index in [1.165, 1.54) is 24.3 Å². The SMILES string of the molecule is Cc1nc(Cl)cc2nnc(CC3CCSCC3)n12. The van der Waals surface area contributed by atoms with Crippen molar-refractivity contribution in [1.29, 1.82) is 0 Å². The molecule has 0 amide bonds. The molecule has 6 heteroatoms. The van der Waals surface area contributed by atoms with Gasteiger partial charge in [0, 0.05) is 12.5 Å². The van der Waals surface area contributed by atoms with Gasteiger partial charge in [-0.05, 0) is 37.2 Å². The van der Waals surface area contributed by atoms with Crippen LogP contribution in [0.3, 0.4) is 0 Å². The van der Waals surface area contributed by atoms with E-state index in [2.05, 4.69) is 15.2 Å². The maximum absolute atomic E-state index is 5.93. The number of thioether (sulfide) groups is 1. The standard InChI is InChI=1S/C12H15ClN4S/c1-8-14-10(13)7-12-16-15-11(17(8)12)6-9-2-4-18-5-3-9/h7,9H,2-6H2,1H3. The van der Waals surface area contributed by atoms with Crippen molar-refractivity contribution < 1.29 is 0 Å². The summed E-state index contributed by atoms with van der Waals surface area (Å²) in [6, 6.07) is 1.77. The van der Waals surface area contributed by atoms with Gasteiger partial charge in [-0.15, -0.1) is 10.2 Å². The molecule has 0 unspecified atom stereocenters. The maximum Gasteiger partial charge on any atom is 0.165 e. The van der Waals surface area contributed by atoms with Crippen molar-refractivity contribution >= 4 is 29.0 Å². The monoisotopic (exact) mass is 282 g/mol. The Hall–Kier alpha value is -0.810. The zero-order valence-electron chi connectivity index (χ0n) is 10.3. The maximum atomic E-state index is 5.93. The topological polar surface area (TPSA) is 43.1 Å². The van der Waals surface area contributed by atoms with Crippen LogP contribution in [0.5, 0.6) is 0 Å². The average molecular weight is 283 g/mol. The molecule has 0 saturated carbocycles. The average Bonchev–Trinajstić information content (AvgIpc) is 2.73. The highest BCUT2D eigenvalue weighted by molar-refractivity contribution is 7.99. The van der Waals surface area contributed by atoms with Gasteiger partial charge in [0.2, 0.25) is 0 Å². The van der Waals surface area contributed by atoms with E-state index in [1.54, 1.807) is 6.07 Å². The van der Waals surface area contributed by atoms with Crippen LogP contribution in [0.2, 0.25) is 5.15 Å².